The normalized spacial score (nSPS) is 24.1. The van der Waals surface area contributed by atoms with Crippen molar-refractivity contribution < 1.29 is 19.8 Å². The number of hydrogen-bond acceptors (Lipinski definition) is 4. The summed E-state index contributed by atoms with van der Waals surface area (Å²) >= 11 is 0. The van der Waals surface area contributed by atoms with Crippen molar-refractivity contribution in [2.45, 2.75) is 38.0 Å². The number of aryl methyl sites for hydroxylation is 2. The maximum absolute atomic E-state index is 12.6. The highest BCUT2D eigenvalue weighted by Gasteiger charge is 2.46. The number of hydrogen-bond donors (Lipinski definition) is 3. The van der Waals surface area contributed by atoms with Crippen LogP contribution in [0.15, 0.2) is 42.5 Å². The van der Waals surface area contributed by atoms with Crippen molar-refractivity contribution in [2.24, 2.45) is 0 Å². The third-order valence-electron chi connectivity index (χ3n) is 5.42. The number of benzene rings is 2. The molecule has 2 atom stereocenters. The quantitative estimate of drug-likeness (QED) is 0.725. The van der Waals surface area contributed by atoms with Gasteiger partial charge >= 0.3 is 0 Å². The molecule has 3 N–H and O–H groups in total. The van der Waals surface area contributed by atoms with Gasteiger partial charge in [-0.05, 0) is 43.0 Å². The summed E-state index contributed by atoms with van der Waals surface area (Å²) in [5.74, 6) is -0.944. The summed E-state index contributed by atoms with van der Waals surface area (Å²) in [4.78, 5) is 26.8. The van der Waals surface area contributed by atoms with Crippen LogP contribution in [0.1, 0.15) is 45.9 Å². The van der Waals surface area contributed by atoms with Gasteiger partial charge in [-0.3, -0.25) is 9.59 Å². The van der Waals surface area contributed by atoms with E-state index in [0.717, 1.165) is 24.0 Å². The number of β-amino-alcohol motifs (C(OH)–C–C–N with tert-alkyl or cyclic N) is 1. The third kappa shape index (κ3) is 3.17. The lowest BCUT2D eigenvalue weighted by Crippen LogP contribution is -2.50. The molecule has 6 nitrogen and oxygen atoms in total. The van der Waals surface area contributed by atoms with E-state index in [9.17, 15) is 19.8 Å². The fraction of sp³-hybridized carbons (Fsp3) is 0.333. The zero-order valence-corrected chi connectivity index (χ0v) is 15.1. The molecule has 1 aliphatic carbocycles. The van der Waals surface area contributed by atoms with Crippen LogP contribution in [0.4, 0.5) is 0 Å². The van der Waals surface area contributed by atoms with Gasteiger partial charge in [-0.15, -0.1) is 0 Å². The molecule has 2 amide bonds. The number of carbonyl (C=O) groups excluding carboxylic acids is 2. The molecule has 1 heterocycles. The molecule has 140 valence electrons. The van der Waals surface area contributed by atoms with Crippen molar-refractivity contribution in [2.75, 3.05) is 6.54 Å². The van der Waals surface area contributed by atoms with E-state index in [1.807, 2.05) is 25.1 Å². The molecule has 1 unspecified atom stereocenters. The molecule has 0 saturated carbocycles. The van der Waals surface area contributed by atoms with Crippen LogP contribution in [0.2, 0.25) is 0 Å². The molecule has 0 radical (unpaired) electrons. The van der Waals surface area contributed by atoms with E-state index >= 15 is 0 Å². The van der Waals surface area contributed by atoms with Crippen molar-refractivity contribution in [3.8, 4) is 5.75 Å². The molecule has 4 rings (SSSR count). The summed E-state index contributed by atoms with van der Waals surface area (Å²) in [5, 5.41) is 23.3. The average molecular weight is 366 g/mol. The summed E-state index contributed by atoms with van der Waals surface area (Å²) in [6.45, 7) is 1.84. The zero-order chi connectivity index (χ0) is 19.2. The Morgan fingerprint density at radius 1 is 1.26 bits per heavy atom. The first-order valence-corrected chi connectivity index (χ1v) is 9.08. The predicted molar refractivity (Wildman–Crippen MR) is 99.1 cm³/mol. The maximum Gasteiger partial charge on any atom is 0.257 e. The Kier molecular flexibility index (Phi) is 4.15. The van der Waals surface area contributed by atoms with Crippen molar-refractivity contribution >= 4 is 11.8 Å². The summed E-state index contributed by atoms with van der Waals surface area (Å²) in [5.41, 5.74) is 1.58. The Hall–Kier alpha value is -2.86. The Morgan fingerprint density at radius 2 is 2.04 bits per heavy atom. The molecule has 0 bridgehead atoms. The number of nitrogens with zero attached hydrogens (tertiary/aromatic N) is 1. The van der Waals surface area contributed by atoms with Gasteiger partial charge in [0, 0.05) is 0 Å². The van der Waals surface area contributed by atoms with Crippen LogP contribution < -0.4 is 5.32 Å². The number of carbonyl (C=O) groups is 2. The Morgan fingerprint density at radius 3 is 2.85 bits per heavy atom. The first kappa shape index (κ1) is 17.5. The SMILES string of the molecule is Cc1ccc(O)c(C(=O)N[C@@]2(O)CC(=O)N(C3CCc4ccccc43)C2)c1. The second kappa shape index (κ2) is 6.39. The number of aliphatic hydroxyl groups is 1. The van der Waals surface area contributed by atoms with E-state index in [0.29, 0.717) is 0 Å². The Balaban J connectivity index is 1.53. The largest absolute Gasteiger partial charge is 0.507 e. The van der Waals surface area contributed by atoms with E-state index in [-0.39, 0.29) is 36.2 Å². The van der Waals surface area contributed by atoms with E-state index in [1.54, 1.807) is 17.0 Å². The van der Waals surface area contributed by atoms with Crippen molar-refractivity contribution in [3.63, 3.8) is 0 Å². The van der Waals surface area contributed by atoms with Gasteiger partial charge in [0.1, 0.15) is 5.75 Å². The molecular formula is C21H22N2O4. The van der Waals surface area contributed by atoms with Gasteiger partial charge in [0.2, 0.25) is 5.91 Å². The second-order valence-electron chi connectivity index (χ2n) is 7.46. The van der Waals surface area contributed by atoms with Crippen LogP contribution in [-0.4, -0.2) is 39.2 Å². The molecule has 6 heteroatoms. The molecule has 27 heavy (non-hydrogen) atoms. The van der Waals surface area contributed by atoms with Gasteiger partial charge in [-0.1, -0.05) is 35.9 Å². The van der Waals surface area contributed by atoms with Gasteiger partial charge in [-0.25, -0.2) is 0 Å². The van der Waals surface area contributed by atoms with Crippen molar-refractivity contribution in [1.82, 2.24) is 10.2 Å². The van der Waals surface area contributed by atoms with E-state index < -0.39 is 11.6 Å². The molecule has 0 aromatic heterocycles. The van der Waals surface area contributed by atoms with Gasteiger partial charge in [0.05, 0.1) is 24.6 Å². The lowest BCUT2D eigenvalue weighted by molar-refractivity contribution is -0.129. The Labute approximate surface area is 157 Å². The highest BCUT2D eigenvalue weighted by Crippen LogP contribution is 2.39. The van der Waals surface area contributed by atoms with E-state index in [4.69, 9.17) is 0 Å². The number of phenolic OH excluding ortho intramolecular Hbond substituents is 1. The third-order valence-corrected chi connectivity index (χ3v) is 5.42. The fourth-order valence-corrected chi connectivity index (χ4v) is 4.11. The molecule has 2 aliphatic rings. The smallest absolute Gasteiger partial charge is 0.257 e. The van der Waals surface area contributed by atoms with Gasteiger partial charge in [0.25, 0.3) is 5.91 Å². The highest BCUT2D eigenvalue weighted by molar-refractivity contribution is 5.98. The Bertz CT molecular complexity index is 926. The van der Waals surface area contributed by atoms with Crippen molar-refractivity contribution in [3.05, 3.63) is 64.7 Å². The molecule has 1 saturated heterocycles. The number of likely N-dealkylation sites (tertiary alicyclic amines) is 1. The van der Waals surface area contributed by atoms with Gasteiger partial charge in [0.15, 0.2) is 5.72 Å². The molecule has 1 aliphatic heterocycles. The minimum Gasteiger partial charge on any atom is -0.507 e. The number of fused-ring (bicyclic) bond motifs is 1. The monoisotopic (exact) mass is 366 g/mol. The van der Waals surface area contributed by atoms with Crippen LogP contribution in [0, 0.1) is 6.92 Å². The van der Waals surface area contributed by atoms with Crippen LogP contribution >= 0.6 is 0 Å². The minimum absolute atomic E-state index is 0.0309. The van der Waals surface area contributed by atoms with Crippen LogP contribution in [0.3, 0.4) is 0 Å². The minimum atomic E-state index is -1.65. The molecular weight excluding hydrogens is 344 g/mol. The summed E-state index contributed by atoms with van der Waals surface area (Å²) in [7, 11) is 0. The predicted octanol–water partition coefficient (Wildman–Crippen LogP) is 2.04. The molecule has 0 spiro atoms. The van der Waals surface area contributed by atoms with Gasteiger partial charge < -0.3 is 20.4 Å². The number of nitrogens with one attached hydrogen (secondary N) is 1. The van der Waals surface area contributed by atoms with Crippen LogP contribution in [0.5, 0.6) is 5.75 Å². The zero-order valence-electron chi connectivity index (χ0n) is 15.1. The van der Waals surface area contributed by atoms with Crippen LogP contribution in [-0.2, 0) is 11.2 Å². The topological polar surface area (TPSA) is 89.9 Å². The summed E-state index contributed by atoms with van der Waals surface area (Å²) < 4.78 is 0. The van der Waals surface area contributed by atoms with Crippen LogP contribution in [0.25, 0.3) is 0 Å². The first-order valence-electron chi connectivity index (χ1n) is 9.08. The average Bonchev–Trinajstić information content (AvgIpc) is 3.17. The molecule has 2 aromatic carbocycles. The van der Waals surface area contributed by atoms with Gasteiger partial charge in [-0.2, -0.15) is 0 Å². The fourth-order valence-electron chi connectivity index (χ4n) is 4.11. The van der Waals surface area contributed by atoms with Crippen molar-refractivity contribution in [1.29, 1.82) is 0 Å². The number of aromatic hydroxyl groups is 1. The lowest BCUT2D eigenvalue weighted by Gasteiger charge is -2.28. The summed E-state index contributed by atoms with van der Waals surface area (Å²) in [6.07, 6.45) is 1.53. The maximum atomic E-state index is 12.6. The lowest BCUT2D eigenvalue weighted by atomic mass is 10.1. The number of phenols is 1. The highest BCUT2D eigenvalue weighted by atomic mass is 16.3. The standard InChI is InChI=1S/C21H22N2O4/c1-13-6-9-18(24)16(10-13)20(26)22-21(27)11-19(25)23(12-21)17-8-7-14-4-2-3-5-15(14)17/h2-6,9-10,17,24,27H,7-8,11-12H2,1H3,(H,22,26)/t17?,21-/m1/s1. The number of rotatable bonds is 3. The van der Waals surface area contributed by atoms with E-state index in [2.05, 4.69) is 11.4 Å². The summed E-state index contributed by atoms with van der Waals surface area (Å²) in [6, 6.07) is 12.6. The first-order chi connectivity index (χ1) is 12.9. The molecule has 1 fully saturated rings. The number of amides is 2. The molecule has 2 aromatic rings. The van der Waals surface area contributed by atoms with E-state index in [1.165, 1.54) is 11.6 Å². The second-order valence-corrected chi connectivity index (χ2v) is 7.46.